The van der Waals surface area contributed by atoms with E-state index in [4.69, 9.17) is 14.2 Å². The maximum Gasteiger partial charge on any atom is 0.258 e. The molecule has 3 heterocycles. The van der Waals surface area contributed by atoms with Crippen molar-refractivity contribution in [2.24, 2.45) is 0 Å². The molecule has 1 aromatic carbocycles. The molecule has 0 radical (unpaired) electrons. The lowest BCUT2D eigenvalue weighted by molar-refractivity contribution is 0.0623. The van der Waals surface area contributed by atoms with Crippen LogP contribution >= 0.6 is 0 Å². The van der Waals surface area contributed by atoms with E-state index in [1.54, 1.807) is 13.2 Å². The highest BCUT2D eigenvalue weighted by Crippen LogP contribution is 2.36. The number of benzene rings is 1. The number of nitrogens with zero attached hydrogens (tertiary/aromatic N) is 3. The Labute approximate surface area is 146 Å². The van der Waals surface area contributed by atoms with Gasteiger partial charge in [-0.1, -0.05) is 6.07 Å². The van der Waals surface area contributed by atoms with Crippen LogP contribution in [0.15, 0.2) is 24.4 Å². The maximum atomic E-state index is 13.2. The van der Waals surface area contributed by atoms with Gasteiger partial charge in [-0.2, -0.15) is 0 Å². The van der Waals surface area contributed by atoms with E-state index in [1.807, 2.05) is 30.2 Å². The molecule has 7 heteroatoms. The molecule has 0 aliphatic carbocycles. The summed E-state index contributed by atoms with van der Waals surface area (Å²) in [5.74, 6) is 2.00. The first-order valence-corrected chi connectivity index (χ1v) is 8.43. The largest absolute Gasteiger partial charge is 0.486 e. The molecule has 7 nitrogen and oxygen atoms in total. The first-order chi connectivity index (χ1) is 12.2. The number of para-hydroxylation sites is 1. The lowest BCUT2D eigenvalue weighted by Crippen LogP contribution is -2.41. The van der Waals surface area contributed by atoms with Crippen molar-refractivity contribution in [1.29, 1.82) is 0 Å². The predicted molar refractivity (Wildman–Crippen MR) is 89.8 cm³/mol. The number of ether oxygens (including phenoxy) is 3. The third kappa shape index (κ3) is 2.64. The molecule has 2 aliphatic heterocycles. The van der Waals surface area contributed by atoms with Crippen LogP contribution in [0, 0.1) is 0 Å². The van der Waals surface area contributed by atoms with Gasteiger partial charge in [0, 0.05) is 20.2 Å². The van der Waals surface area contributed by atoms with Gasteiger partial charge in [-0.3, -0.25) is 4.79 Å². The van der Waals surface area contributed by atoms with Crippen LogP contribution in [-0.4, -0.2) is 47.2 Å². The average molecular weight is 343 g/mol. The van der Waals surface area contributed by atoms with E-state index in [9.17, 15) is 4.79 Å². The lowest BCUT2D eigenvalue weighted by atomic mass is 10.1. The van der Waals surface area contributed by atoms with Crippen molar-refractivity contribution in [3.63, 3.8) is 0 Å². The van der Waals surface area contributed by atoms with Gasteiger partial charge in [0.15, 0.2) is 11.5 Å². The first-order valence-electron chi connectivity index (χ1n) is 8.43. The Kier molecular flexibility index (Phi) is 4.09. The fraction of sp³-hybridized carbons (Fsp3) is 0.444. The number of hydrogen-bond donors (Lipinski definition) is 0. The highest BCUT2D eigenvalue weighted by Gasteiger charge is 2.33. The molecular formula is C18H21N3O4. The second-order valence-electron chi connectivity index (χ2n) is 6.20. The minimum Gasteiger partial charge on any atom is -0.486 e. The number of carbonyl (C=O) groups is 1. The summed E-state index contributed by atoms with van der Waals surface area (Å²) < 4.78 is 18.6. The molecule has 2 aliphatic rings. The lowest BCUT2D eigenvalue weighted by Gasteiger charge is -2.35. The fourth-order valence-corrected chi connectivity index (χ4v) is 3.50. The van der Waals surface area contributed by atoms with Gasteiger partial charge in [0.05, 0.1) is 30.1 Å². The first kappa shape index (κ1) is 16.0. The molecule has 0 saturated carbocycles. The molecule has 0 bridgehead atoms. The van der Waals surface area contributed by atoms with Crippen molar-refractivity contribution >= 4 is 5.91 Å². The van der Waals surface area contributed by atoms with Crippen molar-refractivity contribution in [3.05, 3.63) is 41.5 Å². The second kappa shape index (κ2) is 6.40. The zero-order valence-electron chi connectivity index (χ0n) is 14.4. The van der Waals surface area contributed by atoms with Crippen LogP contribution in [0.25, 0.3) is 0 Å². The van der Waals surface area contributed by atoms with Crippen molar-refractivity contribution in [1.82, 2.24) is 14.5 Å². The summed E-state index contributed by atoms with van der Waals surface area (Å²) in [6.45, 7) is 4.80. The minimum absolute atomic E-state index is 0.0580. The van der Waals surface area contributed by atoms with Crippen LogP contribution in [0.2, 0.25) is 0 Å². The van der Waals surface area contributed by atoms with Crippen LogP contribution in [0.4, 0.5) is 0 Å². The number of imidazole rings is 1. The molecule has 25 heavy (non-hydrogen) atoms. The van der Waals surface area contributed by atoms with Crippen molar-refractivity contribution < 1.29 is 19.0 Å². The van der Waals surface area contributed by atoms with E-state index in [1.165, 1.54) is 0 Å². The summed E-state index contributed by atoms with van der Waals surface area (Å²) in [6, 6.07) is 5.33. The number of fused-ring (bicyclic) bond motifs is 2. The van der Waals surface area contributed by atoms with Gasteiger partial charge in [0.25, 0.3) is 5.91 Å². The molecule has 0 unspecified atom stereocenters. The Morgan fingerprint density at radius 2 is 2.16 bits per heavy atom. The molecule has 4 rings (SSSR count). The van der Waals surface area contributed by atoms with Crippen LogP contribution < -0.4 is 9.47 Å². The maximum absolute atomic E-state index is 13.2. The second-order valence-corrected chi connectivity index (χ2v) is 6.20. The van der Waals surface area contributed by atoms with Gasteiger partial charge in [-0.15, -0.1) is 0 Å². The van der Waals surface area contributed by atoms with E-state index in [0.717, 1.165) is 11.5 Å². The average Bonchev–Trinajstić information content (AvgIpc) is 3.05. The van der Waals surface area contributed by atoms with Gasteiger partial charge in [-0.05, 0) is 19.1 Å². The van der Waals surface area contributed by atoms with E-state index in [-0.39, 0.29) is 11.9 Å². The summed E-state index contributed by atoms with van der Waals surface area (Å²) in [5.41, 5.74) is 1.58. The zero-order chi connectivity index (χ0) is 17.4. The molecule has 0 saturated heterocycles. The highest BCUT2D eigenvalue weighted by molar-refractivity contribution is 5.98. The van der Waals surface area contributed by atoms with Crippen molar-refractivity contribution in [2.45, 2.75) is 26.1 Å². The summed E-state index contributed by atoms with van der Waals surface area (Å²) in [4.78, 5) is 19.5. The topological polar surface area (TPSA) is 65.8 Å². The molecular weight excluding hydrogens is 322 g/mol. The molecule has 1 aromatic heterocycles. The minimum atomic E-state index is -0.118. The van der Waals surface area contributed by atoms with Crippen LogP contribution in [0.3, 0.4) is 0 Å². The van der Waals surface area contributed by atoms with E-state index in [2.05, 4.69) is 9.55 Å². The van der Waals surface area contributed by atoms with Gasteiger partial charge in [0.1, 0.15) is 19.0 Å². The molecule has 132 valence electrons. The molecule has 2 aromatic rings. The third-order valence-corrected chi connectivity index (χ3v) is 4.72. The number of methoxy groups -OCH3 is 1. The summed E-state index contributed by atoms with van der Waals surface area (Å²) in [7, 11) is 1.67. The monoisotopic (exact) mass is 343 g/mol. The SMILES string of the molecule is COCc1cnc2n1CCN(C(=O)c1cccc3c1OCCO3)[C@H]2C. The van der Waals surface area contributed by atoms with Crippen molar-refractivity contribution in [2.75, 3.05) is 26.9 Å². The third-order valence-electron chi connectivity index (χ3n) is 4.72. The van der Waals surface area contributed by atoms with Gasteiger partial charge < -0.3 is 23.7 Å². The Morgan fingerprint density at radius 3 is 3.00 bits per heavy atom. The zero-order valence-corrected chi connectivity index (χ0v) is 14.4. The molecule has 0 spiro atoms. The van der Waals surface area contributed by atoms with Gasteiger partial charge >= 0.3 is 0 Å². The van der Waals surface area contributed by atoms with Gasteiger partial charge in [-0.25, -0.2) is 4.98 Å². The summed E-state index contributed by atoms with van der Waals surface area (Å²) in [5, 5.41) is 0. The molecule has 0 N–H and O–H groups in total. The molecule has 1 amide bonds. The smallest absolute Gasteiger partial charge is 0.258 e. The highest BCUT2D eigenvalue weighted by atomic mass is 16.6. The van der Waals surface area contributed by atoms with Crippen LogP contribution in [0.5, 0.6) is 11.5 Å². The van der Waals surface area contributed by atoms with E-state index in [0.29, 0.717) is 50.0 Å². The van der Waals surface area contributed by atoms with Crippen LogP contribution in [-0.2, 0) is 17.9 Å². The summed E-state index contributed by atoms with van der Waals surface area (Å²) >= 11 is 0. The van der Waals surface area contributed by atoms with Gasteiger partial charge in [0.2, 0.25) is 0 Å². The number of hydrogen-bond acceptors (Lipinski definition) is 5. The molecule has 0 fully saturated rings. The number of amides is 1. The Morgan fingerprint density at radius 1 is 1.32 bits per heavy atom. The molecule has 1 atom stereocenters. The summed E-state index contributed by atoms with van der Waals surface area (Å²) in [6.07, 6.45) is 1.82. The van der Waals surface area contributed by atoms with E-state index >= 15 is 0 Å². The normalized spacial score (nSPS) is 18.8. The van der Waals surface area contributed by atoms with Crippen LogP contribution in [0.1, 0.15) is 34.8 Å². The van der Waals surface area contributed by atoms with E-state index < -0.39 is 0 Å². The quantitative estimate of drug-likeness (QED) is 0.853. The Hall–Kier alpha value is -2.54. The standard InChI is InChI=1S/C18H21N3O4/c1-12-17-19-10-13(11-23-2)21(17)7-6-20(12)18(22)14-4-3-5-15-16(14)25-9-8-24-15/h3-5,10,12H,6-9,11H2,1-2H3/t12-/m0/s1. The Bertz CT molecular complexity index is 802. The van der Waals surface area contributed by atoms with Crippen molar-refractivity contribution in [3.8, 4) is 11.5 Å². The Balaban J connectivity index is 1.63. The number of rotatable bonds is 3. The number of aromatic nitrogens is 2. The fourth-order valence-electron chi connectivity index (χ4n) is 3.50. The number of carbonyl (C=O) groups excluding carboxylic acids is 1. The predicted octanol–water partition coefficient (Wildman–Crippen LogP) is 2.02.